The van der Waals surface area contributed by atoms with E-state index in [9.17, 15) is 5.11 Å². The van der Waals surface area contributed by atoms with Crippen molar-refractivity contribution in [3.63, 3.8) is 0 Å². The fourth-order valence-corrected chi connectivity index (χ4v) is 3.55. The number of pyridine rings is 1. The number of nitrogen functional groups attached to an aromatic ring is 1. The largest absolute Gasteiger partial charge is 0.396 e. The Bertz CT molecular complexity index is 783. The second-order valence-corrected chi connectivity index (χ2v) is 6.44. The summed E-state index contributed by atoms with van der Waals surface area (Å²) in [4.78, 5) is 8.46. The number of hydrogen-bond donors (Lipinski definition) is 2. The van der Waals surface area contributed by atoms with Crippen molar-refractivity contribution in [1.29, 1.82) is 0 Å². The van der Waals surface area contributed by atoms with Crippen molar-refractivity contribution in [3.8, 4) is 0 Å². The SMILES string of the molecule is CC1(C)O[C@@H]2[C@H](O1)C(CCO)=C[C@H]2n1cnc2c(N)nccc21. The van der Waals surface area contributed by atoms with Crippen LogP contribution in [0, 0.1) is 0 Å². The number of aromatic nitrogens is 3. The quantitative estimate of drug-likeness (QED) is 0.831. The third-order valence-electron chi connectivity index (χ3n) is 4.46. The number of hydrogen-bond acceptors (Lipinski definition) is 6. The molecule has 2 aromatic heterocycles. The molecule has 4 rings (SSSR count). The minimum atomic E-state index is -0.639. The predicted molar refractivity (Wildman–Crippen MR) is 84.6 cm³/mol. The third-order valence-corrected chi connectivity index (χ3v) is 4.46. The first kappa shape index (κ1) is 14.6. The van der Waals surface area contributed by atoms with Gasteiger partial charge in [0.1, 0.15) is 17.7 Å². The maximum absolute atomic E-state index is 9.32. The van der Waals surface area contributed by atoms with Crippen LogP contribution in [0.15, 0.2) is 30.2 Å². The molecule has 0 radical (unpaired) electrons. The smallest absolute Gasteiger partial charge is 0.164 e. The number of fused-ring (bicyclic) bond motifs is 2. The average Bonchev–Trinajstić information content (AvgIpc) is 3.13. The van der Waals surface area contributed by atoms with Gasteiger partial charge in [-0.1, -0.05) is 6.08 Å². The number of aliphatic hydroxyl groups excluding tert-OH is 1. The lowest BCUT2D eigenvalue weighted by Gasteiger charge is -2.22. The van der Waals surface area contributed by atoms with Gasteiger partial charge in [-0.15, -0.1) is 0 Å². The average molecular weight is 316 g/mol. The Kier molecular flexibility index (Phi) is 3.19. The lowest BCUT2D eigenvalue weighted by molar-refractivity contribution is -0.148. The van der Waals surface area contributed by atoms with Crippen LogP contribution in [0.1, 0.15) is 26.3 Å². The molecular formula is C16H20N4O3. The normalized spacial score (nSPS) is 29.0. The molecule has 1 saturated heterocycles. The molecule has 1 aliphatic heterocycles. The Morgan fingerprint density at radius 2 is 2.17 bits per heavy atom. The zero-order valence-corrected chi connectivity index (χ0v) is 13.1. The van der Waals surface area contributed by atoms with Crippen LogP contribution in [-0.2, 0) is 9.47 Å². The van der Waals surface area contributed by atoms with Crippen LogP contribution in [0.25, 0.3) is 11.0 Å². The lowest BCUT2D eigenvalue weighted by atomic mass is 10.1. The van der Waals surface area contributed by atoms with Gasteiger partial charge in [0.15, 0.2) is 11.6 Å². The highest BCUT2D eigenvalue weighted by molar-refractivity contribution is 5.84. The van der Waals surface area contributed by atoms with Crippen LogP contribution in [-0.4, -0.2) is 44.2 Å². The molecule has 7 nitrogen and oxygen atoms in total. The van der Waals surface area contributed by atoms with Crippen molar-refractivity contribution in [2.45, 2.75) is 44.3 Å². The minimum absolute atomic E-state index is 0.0462. The lowest BCUT2D eigenvalue weighted by Crippen LogP contribution is -2.27. The van der Waals surface area contributed by atoms with E-state index in [2.05, 4.69) is 16.0 Å². The molecule has 1 aliphatic carbocycles. The standard InChI is InChI=1S/C16H20N4O3/c1-16(2)22-13-9(4-6-21)7-11(14(13)23-16)20-8-19-12-10(20)3-5-18-15(12)17/h3,5,7-8,11,13-14,21H,4,6H2,1-2H3,(H2,17,18)/t11-,13-,14+/m1/s1. The van der Waals surface area contributed by atoms with E-state index in [1.54, 1.807) is 12.5 Å². The first-order valence-electron chi connectivity index (χ1n) is 7.74. The molecule has 2 aliphatic rings. The van der Waals surface area contributed by atoms with E-state index in [1.165, 1.54) is 0 Å². The van der Waals surface area contributed by atoms with Gasteiger partial charge < -0.3 is 24.9 Å². The molecule has 122 valence electrons. The molecule has 0 unspecified atom stereocenters. The molecular weight excluding hydrogens is 296 g/mol. The molecule has 3 atom stereocenters. The van der Waals surface area contributed by atoms with Gasteiger partial charge in [-0.3, -0.25) is 0 Å². The van der Waals surface area contributed by atoms with E-state index >= 15 is 0 Å². The van der Waals surface area contributed by atoms with Crippen LogP contribution in [0.2, 0.25) is 0 Å². The molecule has 0 aromatic carbocycles. The maximum Gasteiger partial charge on any atom is 0.164 e. The van der Waals surface area contributed by atoms with E-state index in [1.807, 2.05) is 24.5 Å². The zero-order valence-electron chi connectivity index (χ0n) is 13.1. The summed E-state index contributed by atoms with van der Waals surface area (Å²) < 4.78 is 14.2. The van der Waals surface area contributed by atoms with Crippen molar-refractivity contribution in [2.75, 3.05) is 12.3 Å². The van der Waals surface area contributed by atoms with Crippen molar-refractivity contribution in [2.24, 2.45) is 0 Å². The molecule has 3 heterocycles. The van der Waals surface area contributed by atoms with Gasteiger partial charge in [0.2, 0.25) is 0 Å². The molecule has 2 aromatic rings. The fraction of sp³-hybridized carbons (Fsp3) is 0.500. The molecule has 7 heteroatoms. The number of nitrogens with two attached hydrogens (primary N) is 1. The van der Waals surface area contributed by atoms with Gasteiger partial charge >= 0.3 is 0 Å². The van der Waals surface area contributed by atoms with Gasteiger partial charge in [0.25, 0.3) is 0 Å². The molecule has 3 N–H and O–H groups in total. The Labute approximate surface area is 133 Å². The van der Waals surface area contributed by atoms with Gasteiger partial charge in [-0.2, -0.15) is 0 Å². The molecule has 0 amide bonds. The van der Waals surface area contributed by atoms with Gasteiger partial charge in [-0.25, -0.2) is 9.97 Å². The number of anilines is 1. The van der Waals surface area contributed by atoms with Crippen LogP contribution < -0.4 is 5.73 Å². The van der Waals surface area contributed by atoms with E-state index in [-0.39, 0.29) is 24.9 Å². The van der Waals surface area contributed by atoms with Crippen LogP contribution in [0.5, 0.6) is 0 Å². The zero-order chi connectivity index (χ0) is 16.2. The molecule has 0 spiro atoms. The second kappa shape index (κ2) is 5.02. The minimum Gasteiger partial charge on any atom is -0.396 e. The van der Waals surface area contributed by atoms with Crippen LogP contribution in [0.4, 0.5) is 5.82 Å². The number of ether oxygens (including phenoxy) is 2. The number of rotatable bonds is 3. The number of nitrogens with zero attached hydrogens (tertiary/aromatic N) is 3. The fourth-order valence-electron chi connectivity index (χ4n) is 3.55. The third kappa shape index (κ3) is 2.23. The highest BCUT2D eigenvalue weighted by atomic mass is 16.8. The monoisotopic (exact) mass is 316 g/mol. The van der Waals surface area contributed by atoms with E-state index in [0.717, 1.165) is 11.1 Å². The van der Waals surface area contributed by atoms with Crippen LogP contribution in [0.3, 0.4) is 0 Å². The number of imidazole rings is 1. The maximum atomic E-state index is 9.32. The van der Waals surface area contributed by atoms with Gasteiger partial charge in [-0.05, 0) is 31.9 Å². The first-order valence-corrected chi connectivity index (χ1v) is 7.74. The number of aliphatic hydroxyl groups is 1. The van der Waals surface area contributed by atoms with Crippen LogP contribution >= 0.6 is 0 Å². The second-order valence-electron chi connectivity index (χ2n) is 6.44. The predicted octanol–water partition coefficient (Wildman–Crippen LogP) is 1.40. The Hall–Kier alpha value is -1.96. The van der Waals surface area contributed by atoms with Crippen molar-refractivity contribution < 1.29 is 14.6 Å². The summed E-state index contributed by atoms with van der Waals surface area (Å²) in [6.45, 7) is 3.91. The van der Waals surface area contributed by atoms with Gasteiger partial charge in [0.05, 0.1) is 17.9 Å². The highest BCUT2D eigenvalue weighted by Crippen LogP contribution is 2.44. The Morgan fingerprint density at radius 1 is 1.35 bits per heavy atom. The summed E-state index contributed by atoms with van der Waals surface area (Å²) in [6.07, 6.45) is 5.84. The summed E-state index contributed by atoms with van der Waals surface area (Å²) in [7, 11) is 0. The van der Waals surface area contributed by atoms with Crippen molar-refractivity contribution in [3.05, 3.63) is 30.2 Å². The summed E-state index contributed by atoms with van der Waals surface area (Å²) in [6, 6.07) is 1.85. The molecule has 23 heavy (non-hydrogen) atoms. The first-order chi connectivity index (χ1) is 11.0. The molecule has 1 fully saturated rings. The Balaban J connectivity index is 1.79. The van der Waals surface area contributed by atoms with Gasteiger partial charge in [0, 0.05) is 12.8 Å². The topological polar surface area (TPSA) is 95.4 Å². The summed E-state index contributed by atoms with van der Waals surface area (Å²) >= 11 is 0. The summed E-state index contributed by atoms with van der Waals surface area (Å²) in [5.74, 6) is -0.223. The summed E-state index contributed by atoms with van der Waals surface area (Å²) in [5.41, 5.74) is 8.57. The molecule has 0 saturated carbocycles. The Morgan fingerprint density at radius 3 is 2.96 bits per heavy atom. The van der Waals surface area contributed by atoms with Crippen molar-refractivity contribution in [1.82, 2.24) is 14.5 Å². The summed E-state index contributed by atoms with van der Waals surface area (Å²) in [5, 5.41) is 9.32. The van der Waals surface area contributed by atoms with Crippen molar-refractivity contribution >= 4 is 16.9 Å². The van der Waals surface area contributed by atoms with E-state index in [0.29, 0.717) is 17.8 Å². The molecule has 0 bridgehead atoms. The van der Waals surface area contributed by atoms with E-state index < -0.39 is 5.79 Å². The highest BCUT2D eigenvalue weighted by Gasteiger charge is 2.50. The van der Waals surface area contributed by atoms with E-state index in [4.69, 9.17) is 15.2 Å².